The third-order valence-corrected chi connectivity index (χ3v) is 4.63. The molecular weight excluding hydrogens is 326 g/mol. The van der Waals surface area contributed by atoms with Gasteiger partial charge in [0.1, 0.15) is 6.04 Å². The molecule has 2 aromatic rings. The molecular formula is C18H16ClN3O2. The van der Waals surface area contributed by atoms with Crippen molar-refractivity contribution >= 4 is 40.5 Å². The lowest BCUT2D eigenvalue weighted by atomic mass is 10.1. The summed E-state index contributed by atoms with van der Waals surface area (Å²) >= 11 is 6.02. The van der Waals surface area contributed by atoms with Crippen LogP contribution in [0, 0.1) is 0 Å². The lowest BCUT2D eigenvalue weighted by Gasteiger charge is -2.18. The number of carbonyl (C=O) groups is 2. The van der Waals surface area contributed by atoms with Crippen molar-refractivity contribution in [3.63, 3.8) is 0 Å². The second kappa shape index (κ2) is 5.83. The van der Waals surface area contributed by atoms with E-state index in [-0.39, 0.29) is 17.9 Å². The maximum absolute atomic E-state index is 12.7. The van der Waals surface area contributed by atoms with Gasteiger partial charge in [0.05, 0.1) is 6.42 Å². The number of nitrogens with one attached hydrogen (secondary N) is 2. The van der Waals surface area contributed by atoms with Crippen LogP contribution < -0.4 is 15.5 Å². The van der Waals surface area contributed by atoms with E-state index in [1.165, 1.54) is 0 Å². The Hall–Kier alpha value is -2.53. The number of benzene rings is 2. The molecule has 0 bridgehead atoms. The van der Waals surface area contributed by atoms with E-state index in [2.05, 4.69) is 10.6 Å². The molecule has 5 nitrogen and oxygen atoms in total. The average molecular weight is 342 g/mol. The zero-order chi connectivity index (χ0) is 16.7. The highest BCUT2D eigenvalue weighted by Crippen LogP contribution is 2.29. The summed E-state index contributed by atoms with van der Waals surface area (Å²) in [4.78, 5) is 25.8. The molecule has 2 aromatic carbocycles. The average Bonchev–Trinajstić information content (AvgIpc) is 3.09. The van der Waals surface area contributed by atoms with E-state index in [0.717, 1.165) is 29.0 Å². The minimum Gasteiger partial charge on any atom is -0.374 e. The number of halogens is 1. The lowest BCUT2D eigenvalue weighted by Crippen LogP contribution is -2.33. The number of carbonyl (C=O) groups excluding carboxylic acids is 2. The Balaban J connectivity index is 1.50. The second-order valence-electron chi connectivity index (χ2n) is 6.05. The van der Waals surface area contributed by atoms with Crippen LogP contribution in [0.1, 0.15) is 12.0 Å². The van der Waals surface area contributed by atoms with Crippen LogP contribution in [0.4, 0.5) is 17.1 Å². The van der Waals surface area contributed by atoms with Crippen LogP contribution in [0.2, 0.25) is 5.02 Å². The number of amides is 2. The third kappa shape index (κ3) is 2.71. The Kier molecular flexibility index (Phi) is 3.65. The van der Waals surface area contributed by atoms with Gasteiger partial charge in [0.15, 0.2) is 0 Å². The van der Waals surface area contributed by atoms with Gasteiger partial charge in [-0.3, -0.25) is 9.59 Å². The van der Waals surface area contributed by atoms with Gasteiger partial charge in [0.25, 0.3) is 0 Å². The summed E-state index contributed by atoms with van der Waals surface area (Å²) in [5.41, 5.74) is 3.49. The fourth-order valence-corrected chi connectivity index (χ4v) is 3.42. The molecule has 2 heterocycles. The number of nitrogens with zero attached hydrogens (tertiary/aromatic N) is 1. The van der Waals surface area contributed by atoms with Gasteiger partial charge < -0.3 is 15.5 Å². The van der Waals surface area contributed by atoms with E-state index in [4.69, 9.17) is 11.6 Å². The Morgan fingerprint density at radius 3 is 2.88 bits per heavy atom. The van der Waals surface area contributed by atoms with Crippen LogP contribution in [0.3, 0.4) is 0 Å². The highest BCUT2D eigenvalue weighted by atomic mass is 35.5. The van der Waals surface area contributed by atoms with Crippen molar-refractivity contribution in [1.82, 2.24) is 0 Å². The zero-order valence-electron chi connectivity index (χ0n) is 12.9. The predicted octanol–water partition coefficient (Wildman–Crippen LogP) is 3.05. The largest absolute Gasteiger partial charge is 0.374 e. The van der Waals surface area contributed by atoms with Crippen LogP contribution in [-0.2, 0) is 16.0 Å². The number of hydrogen-bond donors (Lipinski definition) is 2. The molecule has 1 fully saturated rings. The molecule has 2 amide bonds. The standard InChI is InChI=1S/C18H16ClN3O2/c19-12-2-1-3-14(10-12)22-7-6-16(18(22)24)20-13-4-5-15-11(8-13)9-17(23)21-15/h1-5,8,10,16,20H,6-7,9H2,(H,21,23). The molecule has 0 radical (unpaired) electrons. The highest BCUT2D eigenvalue weighted by molar-refractivity contribution is 6.31. The normalized spacial score (nSPS) is 19.4. The molecule has 0 saturated carbocycles. The molecule has 1 unspecified atom stereocenters. The first-order valence-corrected chi connectivity index (χ1v) is 8.24. The SMILES string of the molecule is O=C1Cc2cc(NC3CCN(c4cccc(Cl)c4)C3=O)ccc2N1. The van der Waals surface area contributed by atoms with Crippen molar-refractivity contribution in [2.75, 3.05) is 22.1 Å². The Labute approximate surface area is 144 Å². The van der Waals surface area contributed by atoms with Gasteiger partial charge in [-0.2, -0.15) is 0 Å². The van der Waals surface area contributed by atoms with E-state index in [1.807, 2.05) is 30.3 Å². The van der Waals surface area contributed by atoms with Crippen molar-refractivity contribution in [3.8, 4) is 0 Å². The van der Waals surface area contributed by atoms with Gasteiger partial charge in [-0.25, -0.2) is 0 Å². The van der Waals surface area contributed by atoms with Crippen molar-refractivity contribution < 1.29 is 9.59 Å². The fourth-order valence-electron chi connectivity index (χ4n) is 3.23. The Morgan fingerprint density at radius 2 is 2.04 bits per heavy atom. The lowest BCUT2D eigenvalue weighted by molar-refractivity contribution is -0.117. The molecule has 1 saturated heterocycles. The zero-order valence-corrected chi connectivity index (χ0v) is 13.6. The highest BCUT2D eigenvalue weighted by Gasteiger charge is 2.32. The first-order chi connectivity index (χ1) is 11.6. The molecule has 4 rings (SSSR count). The number of anilines is 3. The van der Waals surface area contributed by atoms with Gasteiger partial charge in [-0.15, -0.1) is 0 Å². The monoisotopic (exact) mass is 341 g/mol. The molecule has 6 heteroatoms. The van der Waals surface area contributed by atoms with Crippen LogP contribution in [-0.4, -0.2) is 24.4 Å². The third-order valence-electron chi connectivity index (χ3n) is 4.40. The van der Waals surface area contributed by atoms with Crippen molar-refractivity contribution in [2.45, 2.75) is 18.9 Å². The molecule has 1 atom stereocenters. The van der Waals surface area contributed by atoms with E-state index in [0.29, 0.717) is 18.0 Å². The quantitative estimate of drug-likeness (QED) is 0.902. The van der Waals surface area contributed by atoms with E-state index < -0.39 is 0 Å². The molecule has 0 aromatic heterocycles. The summed E-state index contributed by atoms with van der Waals surface area (Å²) in [6.45, 7) is 0.655. The van der Waals surface area contributed by atoms with Crippen molar-refractivity contribution in [1.29, 1.82) is 0 Å². The summed E-state index contributed by atoms with van der Waals surface area (Å²) < 4.78 is 0. The van der Waals surface area contributed by atoms with Crippen molar-refractivity contribution in [2.24, 2.45) is 0 Å². The number of fused-ring (bicyclic) bond motifs is 1. The molecule has 0 spiro atoms. The minimum absolute atomic E-state index is 0.00576. The maximum atomic E-state index is 12.7. The van der Waals surface area contributed by atoms with Gasteiger partial charge >= 0.3 is 0 Å². The second-order valence-corrected chi connectivity index (χ2v) is 6.49. The van der Waals surface area contributed by atoms with Crippen LogP contribution in [0.5, 0.6) is 0 Å². The summed E-state index contributed by atoms with van der Waals surface area (Å²) in [5.74, 6) is 0.0400. The number of rotatable bonds is 3. The van der Waals surface area contributed by atoms with Gasteiger partial charge in [0, 0.05) is 28.6 Å². The smallest absolute Gasteiger partial charge is 0.249 e. The molecule has 2 aliphatic rings. The molecule has 24 heavy (non-hydrogen) atoms. The predicted molar refractivity (Wildman–Crippen MR) is 94.6 cm³/mol. The summed E-state index contributed by atoms with van der Waals surface area (Å²) in [7, 11) is 0. The topological polar surface area (TPSA) is 61.4 Å². The van der Waals surface area contributed by atoms with Gasteiger partial charge in [0.2, 0.25) is 11.8 Å². The summed E-state index contributed by atoms with van der Waals surface area (Å²) in [5, 5.41) is 6.71. The maximum Gasteiger partial charge on any atom is 0.249 e. The van der Waals surface area contributed by atoms with Gasteiger partial charge in [-0.1, -0.05) is 17.7 Å². The summed E-state index contributed by atoms with van der Waals surface area (Å²) in [6, 6.07) is 12.7. The summed E-state index contributed by atoms with van der Waals surface area (Å²) in [6.07, 6.45) is 1.11. The molecule has 2 aliphatic heterocycles. The van der Waals surface area contributed by atoms with Crippen LogP contribution in [0.25, 0.3) is 0 Å². The van der Waals surface area contributed by atoms with E-state index >= 15 is 0 Å². The minimum atomic E-state index is -0.271. The Bertz CT molecular complexity index is 837. The van der Waals surface area contributed by atoms with Crippen LogP contribution in [0.15, 0.2) is 42.5 Å². The molecule has 0 aliphatic carbocycles. The first kappa shape index (κ1) is 15.0. The van der Waals surface area contributed by atoms with Crippen molar-refractivity contribution in [3.05, 3.63) is 53.1 Å². The van der Waals surface area contributed by atoms with Crippen LogP contribution >= 0.6 is 11.6 Å². The first-order valence-electron chi connectivity index (χ1n) is 7.86. The Morgan fingerprint density at radius 1 is 1.17 bits per heavy atom. The fraction of sp³-hybridized carbons (Fsp3) is 0.222. The number of hydrogen-bond acceptors (Lipinski definition) is 3. The van der Waals surface area contributed by atoms with E-state index in [9.17, 15) is 9.59 Å². The molecule has 122 valence electrons. The van der Waals surface area contributed by atoms with Gasteiger partial charge in [-0.05, 0) is 48.4 Å². The molecule has 2 N–H and O–H groups in total. The van der Waals surface area contributed by atoms with E-state index in [1.54, 1.807) is 17.0 Å².